The van der Waals surface area contributed by atoms with Gasteiger partial charge in [-0.05, 0) is 44.4 Å². The normalized spacial score (nSPS) is 20.1. The minimum atomic E-state index is -0.622. The molecule has 33 heavy (non-hydrogen) atoms. The molecule has 1 fully saturated rings. The molecule has 1 N–H and O–H groups in total. The predicted molar refractivity (Wildman–Crippen MR) is 136 cm³/mol. The lowest BCUT2D eigenvalue weighted by Crippen LogP contribution is -2.45. The third kappa shape index (κ3) is 12.6. The number of unbranched alkanes of at least 4 members (excludes halogenated alkanes) is 10. The Kier molecular flexibility index (Phi) is 13.1. The molecule has 0 aliphatic carbocycles. The summed E-state index contributed by atoms with van der Waals surface area (Å²) in [5.41, 5.74) is 1.07. The molecule has 0 saturated carbocycles. The smallest absolute Gasteiger partial charge is 0.163 e. The van der Waals surface area contributed by atoms with Gasteiger partial charge < -0.3 is 14.6 Å². The van der Waals surface area contributed by atoms with Gasteiger partial charge in [-0.2, -0.15) is 0 Å². The summed E-state index contributed by atoms with van der Waals surface area (Å²) in [5.74, 6) is -0.131. The van der Waals surface area contributed by atoms with Gasteiger partial charge in [-0.25, -0.2) is 0 Å². The zero-order chi connectivity index (χ0) is 23.9. The van der Waals surface area contributed by atoms with Crippen molar-refractivity contribution in [3.05, 3.63) is 29.8 Å². The van der Waals surface area contributed by atoms with Crippen LogP contribution in [-0.2, 0) is 20.7 Å². The van der Waals surface area contributed by atoms with Crippen LogP contribution in [-0.4, -0.2) is 28.9 Å². The van der Waals surface area contributed by atoms with Crippen LogP contribution in [0.5, 0.6) is 5.75 Å². The van der Waals surface area contributed by atoms with Crippen molar-refractivity contribution in [1.82, 2.24) is 0 Å². The average molecular weight is 461 g/mol. The molecule has 0 unspecified atom stereocenters. The van der Waals surface area contributed by atoms with Crippen LogP contribution < -0.4 is 0 Å². The fraction of sp³-hybridized carbons (Fsp3) is 0.759. The molecule has 1 saturated heterocycles. The first-order valence-electron chi connectivity index (χ1n) is 13.5. The molecule has 188 valence electrons. The Morgan fingerprint density at radius 3 is 2.03 bits per heavy atom. The number of carbonyl (C=O) groups excluding carboxylic acids is 1. The van der Waals surface area contributed by atoms with Gasteiger partial charge in [-0.3, -0.25) is 4.79 Å². The lowest BCUT2D eigenvalue weighted by Gasteiger charge is -2.41. The van der Waals surface area contributed by atoms with Crippen molar-refractivity contribution in [2.75, 3.05) is 0 Å². The van der Waals surface area contributed by atoms with E-state index in [0.29, 0.717) is 19.3 Å². The highest BCUT2D eigenvalue weighted by molar-refractivity contribution is 5.79. The molecule has 1 heterocycles. The van der Waals surface area contributed by atoms with Gasteiger partial charge in [0.05, 0.1) is 12.2 Å². The minimum Gasteiger partial charge on any atom is -0.508 e. The van der Waals surface area contributed by atoms with Crippen LogP contribution in [0, 0.1) is 0 Å². The summed E-state index contributed by atoms with van der Waals surface area (Å²) >= 11 is 0. The van der Waals surface area contributed by atoms with Crippen molar-refractivity contribution >= 4 is 5.78 Å². The van der Waals surface area contributed by atoms with Crippen molar-refractivity contribution in [3.63, 3.8) is 0 Å². The van der Waals surface area contributed by atoms with Gasteiger partial charge in [0.25, 0.3) is 0 Å². The van der Waals surface area contributed by atoms with Crippen LogP contribution in [0.4, 0.5) is 0 Å². The molecule has 0 radical (unpaired) electrons. The van der Waals surface area contributed by atoms with Crippen LogP contribution in [0.2, 0.25) is 0 Å². The van der Waals surface area contributed by atoms with E-state index in [0.717, 1.165) is 18.4 Å². The number of aryl methyl sites for hydroxylation is 1. The van der Waals surface area contributed by atoms with Gasteiger partial charge in [0.15, 0.2) is 5.79 Å². The standard InChI is InChI=1S/C29H48O4/c1-4-5-6-7-8-9-10-11-12-13-14-15-27-23-28(33-29(2,3)32-27)22-26(31)21-18-24-16-19-25(30)20-17-24/h16-17,19-20,27-28,30H,4-15,18,21-23H2,1-3H3/t27-,28+/m1/s1. The first kappa shape index (κ1) is 27.9. The quantitative estimate of drug-likeness (QED) is 0.240. The van der Waals surface area contributed by atoms with E-state index in [2.05, 4.69) is 6.92 Å². The predicted octanol–water partition coefficient (Wildman–Crippen LogP) is 7.90. The first-order valence-corrected chi connectivity index (χ1v) is 13.5. The molecule has 0 aromatic heterocycles. The molecule has 0 bridgehead atoms. The fourth-order valence-electron chi connectivity index (χ4n) is 4.86. The maximum absolute atomic E-state index is 12.6. The Labute approximate surface area is 202 Å². The molecule has 2 atom stereocenters. The number of benzene rings is 1. The maximum atomic E-state index is 12.6. The van der Waals surface area contributed by atoms with Crippen molar-refractivity contribution < 1.29 is 19.4 Å². The van der Waals surface area contributed by atoms with Crippen molar-refractivity contribution in [2.45, 2.75) is 141 Å². The van der Waals surface area contributed by atoms with E-state index >= 15 is 0 Å². The number of carbonyl (C=O) groups is 1. The average Bonchev–Trinajstić information content (AvgIpc) is 2.76. The molecule has 1 aromatic carbocycles. The van der Waals surface area contributed by atoms with Gasteiger partial charge in [0, 0.05) is 19.3 Å². The maximum Gasteiger partial charge on any atom is 0.163 e. The van der Waals surface area contributed by atoms with E-state index in [1.54, 1.807) is 12.1 Å². The van der Waals surface area contributed by atoms with Crippen molar-refractivity contribution in [2.24, 2.45) is 0 Å². The van der Waals surface area contributed by atoms with E-state index in [4.69, 9.17) is 9.47 Å². The fourth-order valence-corrected chi connectivity index (χ4v) is 4.86. The van der Waals surface area contributed by atoms with Gasteiger partial charge in [0.2, 0.25) is 0 Å². The molecule has 0 amide bonds. The Bertz CT molecular complexity index is 652. The highest BCUT2D eigenvalue weighted by atomic mass is 16.7. The van der Waals surface area contributed by atoms with E-state index in [1.807, 2.05) is 26.0 Å². The molecular formula is C29H48O4. The zero-order valence-electron chi connectivity index (χ0n) is 21.4. The van der Waals surface area contributed by atoms with Crippen LogP contribution >= 0.6 is 0 Å². The van der Waals surface area contributed by atoms with Gasteiger partial charge >= 0.3 is 0 Å². The van der Waals surface area contributed by atoms with Crippen molar-refractivity contribution in [3.8, 4) is 5.75 Å². The van der Waals surface area contributed by atoms with E-state index in [9.17, 15) is 9.90 Å². The first-order chi connectivity index (χ1) is 15.9. The Morgan fingerprint density at radius 2 is 1.42 bits per heavy atom. The summed E-state index contributed by atoms with van der Waals surface area (Å²) < 4.78 is 12.2. The molecule has 1 aliphatic heterocycles. The summed E-state index contributed by atoms with van der Waals surface area (Å²) in [6.45, 7) is 6.20. The molecule has 1 aliphatic rings. The SMILES string of the molecule is CCCCCCCCCCCCC[C@@H]1C[C@H](CC(=O)CCc2ccc(O)cc2)OC(C)(C)O1. The molecular weight excluding hydrogens is 412 g/mol. The third-order valence-corrected chi connectivity index (χ3v) is 6.64. The highest BCUT2D eigenvalue weighted by Crippen LogP contribution is 2.31. The summed E-state index contributed by atoms with van der Waals surface area (Å²) in [7, 11) is 0. The molecule has 1 aromatic rings. The topological polar surface area (TPSA) is 55.8 Å². The minimum absolute atomic E-state index is 0.0567. The number of ether oxygens (including phenoxy) is 2. The van der Waals surface area contributed by atoms with Crippen LogP contribution in [0.3, 0.4) is 0 Å². The van der Waals surface area contributed by atoms with Crippen LogP contribution in [0.25, 0.3) is 0 Å². The number of hydrogen-bond acceptors (Lipinski definition) is 4. The highest BCUT2D eigenvalue weighted by Gasteiger charge is 2.35. The van der Waals surface area contributed by atoms with E-state index in [1.165, 1.54) is 70.6 Å². The Morgan fingerprint density at radius 1 is 0.879 bits per heavy atom. The molecule has 2 rings (SSSR count). The molecule has 0 spiro atoms. The van der Waals surface area contributed by atoms with Crippen LogP contribution in [0.1, 0.15) is 123 Å². The van der Waals surface area contributed by atoms with E-state index < -0.39 is 5.79 Å². The number of phenolic OH excluding ortho intramolecular Hbond substituents is 1. The number of Topliss-reactive ketones (excluding diaryl/α,β-unsaturated/α-hetero) is 1. The van der Waals surface area contributed by atoms with E-state index in [-0.39, 0.29) is 23.7 Å². The second-order valence-corrected chi connectivity index (χ2v) is 10.3. The molecule has 4 nitrogen and oxygen atoms in total. The number of phenols is 1. The van der Waals surface area contributed by atoms with Crippen LogP contribution in [0.15, 0.2) is 24.3 Å². The number of ketones is 1. The summed E-state index contributed by atoms with van der Waals surface area (Å²) in [6.07, 6.45) is 18.5. The van der Waals surface area contributed by atoms with Gasteiger partial charge in [-0.15, -0.1) is 0 Å². The number of rotatable bonds is 17. The summed E-state index contributed by atoms with van der Waals surface area (Å²) in [6, 6.07) is 7.09. The summed E-state index contributed by atoms with van der Waals surface area (Å²) in [4.78, 5) is 12.6. The third-order valence-electron chi connectivity index (χ3n) is 6.64. The van der Waals surface area contributed by atoms with Crippen molar-refractivity contribution in [1.29, 1.82) is 0 Å². The Hall–Kier alpha value is -1.39. The Balaban J connectivity index is 1.59. The van der Waals surface area contributed by atoms with Gasteiger partial charge in [0.1, 0.15) is 11.5 Å². The number of hydrogen-bond donors (Lipinski definition) is 1. The largest absolute Gasteiger partial charge is 0.508 e. The lowest BCUT2D eigenvalue weighted by molar-refractivity contribution is -0.300. The second kappa shape index (κ2) is 15.5. The monoisotopic (exact) mass is 460 g/mol. The second-order valence-electron chi connectivity index (χ2n) is 10.3. The molecule has 4 heteroatoms. The number of aromatic hydroxyl groups is 1. The zero-order valence-corrected chi connectivity index (χ0v) is 21.4. The summed E-state index contributed by atoms with van der Waals surface area (Å²) in [5, 5.41) is 9.39. The van der Waals surface area contributed by atoms with Gasteiger partial charge in [-0.1, -0.05) is 89.7 Å². The lowest BCUT2D eigenvalue weighted by atomic mass is 9.97.